The Morgan fingerprint density at radius 3 is 2.10 bits per heavy atom. The first-order chi connectivity index (χ1) is 9.46. The maximum absolute atomic E-state index is 11.7. The minimum atomic E-state index is -0.821. The van der Waals surface area contributed by atoms with Gasteiger partial charge in [0, 0.05) is 5.92 Å². The summed E-state index contributed by atoms with van der Waals surface area (Å²) in [4.78, 5) is 23.4. The van der Waals surface area contributed by atoms with E-state index in [4.69, 9.17) is 14.2 Å². The van der Waals surface area contributed by atoms with Gasteiger partial charge in [-0.15, -0.1) is 0 Å². The van der Waals surface area contributed by atoms with Crippen molar-refractivity contribution >= 4 is 11.8 Å². The lowest BCUT2D eigenvalue weighted by Gasteiger charge is -2.20. The van der Waals surface area contributed by atoms with Crippen molar-refractivity contribution in [3.63, 3.8) is 0 Å². The Bertz CT molecular complexity index is 495. The summed E-state index contributed by atoms with van der Waals surface area (Å²) in [5.74, 6) is -0.721. The van der Waals surface area contributed by atoms with Gasteiger partial charge in [-0.05, 0) is 24.6 Å². The van der Waals surface area contributed by atoms with E-state index < -0.39 is 11.9 Å². The maximum atomic E-state index is 11.7. The van der Waals surface area contributed by atoms with Crippen molar-refractivity contribution in [2.75, 3.05) is 21.3 Å². The molecule has 20 heavy (non-hydrogen) atoms. The molecule has 5 heteroatoms. The van der Waals surface area contributed by atoms with Gasteiger partial charge in [0.1, 0.15) is 11.7 Å². The van der Waals surface area contributed by atoms with Crippen LogP contribution in [0.3, 0.4) is 0 Å². The van der Waals surface area contributed by atoms with Crippen LogP contribution in [0.2, 0.25) is 0 Å². The smallest absolute Gasteiger partial charge is 0.316 e. The van der Waals surface area contributed by atoms with Gasteiger partial charge in [-0.1, -0.05) is 13.0 Å². The molecule has 0 saturated carbocycles. The van der Waals surface area contributed by atoms with E-state index in [1.54, 1.807) is 19.2 Å². The molecule has 1 rings (SSSR count). The Hall–Kier alpha value is -2.04. The quantitative estimate of drug-likeness (QED) is 0.590. The van der Waals surface area contributed by atoms with Crippen molar-refractivity contribution in [1.29, 1.82) is 0 Å². The molecule has 0 aliphatic carbocycles. The highest BCUT2D eigenvalue weighted by Crippen LogP contribution is 2.33. The third kappa shape index (κ3) is 3.29. The first kappa shape index (κ1) is 16.0. The minimum Gasteiger partial charge on any atom is -0.493 e. The van der Waals surface area contributed by atoms with Crippen LogP contribution in [0, 0.1) is 5.92 Å². The molecule has 1 aromatic carbocycles. The van der Waals surface area contributed by atoms with E-state index in [0.717, 1.165) is 5.56 Å². The number of rotatable bonds is 6. The number of carbonyl (C=O) groups excluding carboxylic acids is 2. The number of methoxy groups -OCH3 is 3. The molecule has 0 fully saturated rings. The van der Waals surface area contributed by atoms with Crippen LogP contribution in [0.25, 0.3) is 0 Å². The molecular weight excluding hydrogens is 260 g/mol. The molecule has 5 nitrogen and oxygen atoms in total. The molecule has 0 heterocycles. The second-order valence-corrected chi connectivity index (χ2v) is 4.51. The van der Waals surface area contributed by atoms with E-state index in [2.05, 4.69) is 0 Å². The molecule has 2 unspecified atom stereocenters. The van der Waals surface area contributed by atoms with E-state index in [1.165, 1.54) is 21.1 Å². The largest absolute Gasteiger partial charge is 0.493 e. The predicted molar refractivity (Wildman–Crippen MR) is 74.1 cm³/mol. The standard InChI is InChI=1S/C15H20O5/c1-9(14(10(2)16)15(17)20-5)11-6-7-12(18-3)13(8-11)19-4/h6-9,14H,1-5H3. The number of Topliss-reactive ketones (excluding diaryl/α,β-unsaturated/α-hetero) is 1. The molecule has 0 aliphatic rings. The van der Waals surface area contributed by atoms with Crippen LogP contribution >= 0.6 is 0 Å². The van der Waals surface area contributed by atoms with E-state index in [9.17, 15) is 9.59 Å². The first-order valence-electron chi connectivity index (χ1n) is 6.26. The summed E-state index contributed by atoms with van der Waals surface area (Å²) >= 11 is 0. The van der Waals surface area contributed by atoms with Gasteiger partial charge in [0.05, 0.1) is 21.3 Å². The molecule has 0 saturated heterocycles. The fourth-order valence-electron chi connectivity index (χ4n) is 2.18. The Morgan fingerprint density at radius 2 is 1.65 bits per heavy atom. The molecule has 0 spiro atoms. The van der Waals surface area contributed by atoms with Gasteiger partial charge < -0.3 is 14.2 Å². The SMILES string of the molecule is COC(=O)C(C(C)=O)C(C)c1ccc(OC)c(OC)c1. The number of hydrogen-bond acceptors (Lipinski definition) is 5. The molecule has 0 amide bonds. The van der Waals surface area contributed by atoms with Crippen molar-refractivity contribution in [2.45, 2.75) is 19.8 Å². The molecule has 0 aromatic heterocycles. The summed E-state index contributed by atoms with van der Waals surface area (Å²) in [6, 6.07) is 5.33. The van der Waals surface area contributed by atoms with Crippen LogP contribution < -0.4 is 9.47 Å². The Kier molecular flexibility index (Phi) is 5.55. The van der Waals surface area contributed by atoms with E-state index in [1.807, 2.05) is 13.0 Å². The number of carbonyl (C=O) groups is 2. The molecule has 0 radical (unpaired) electrons. The Labute approximate surface area is 118 Å². The average molecular weight is 280 g/mol. The highest BCUT2D eigenvalue weighted by atomic mass is 16.5. The van der Waals surface area contributed by atoms with E-state index in [-0.39, 0.29) is 11.7 Å². The van der Waals surface area contributed by atoms with Crippen LogP contribution in [0.15, 0.2) is 18.2 Å². The lowest BCUT2D eigenvalue weighted by molar-refractivity contribution is -0.149. The zero-order chi connectivity index (χ0) is 15.3. The predicted octanol–water partition coefficient (Wildman–Crippen LogP) is 2.19. The molecule has 0 N–H and O–H groups in total. The lowest BCUT2D eigenvalue weighted by Crippen LogP contribution is -2.28. The summed E-state index contributed by atoms with van der Waals surface area (Å²) in [5, 5.41) is 0. The van der Waals surface area contributed by atoms with Gasteiger partial charge in [0.15, 0.2) is 11.5 Å². The van der Waals surface area contributed by atoms with Crippen LogP contribution in [-0.4, -0.2) is 33.1 Å². The molecule has 1 aromatic rings. The van der Waals surface area contributed by atoms with Gasteiger partial charge in [0.2, 0.25) is 0 Å². The van der Waals surface area contributed by atoms with E-state index >= 15 is 0 Å². The zero-order valence-corrected chi connectivity index (χ0v) is 12.4. The zero-order valence-electron chi connectivity index (χ0n) is 12.4. The summed E-state index contributed by atoms with van der Waals surface area (Å²) in [5.41, 5.74) is 0.813. The monoisotopic (exact) mass is 280 g/mol. The lowest BCUT2D eigenvalue weighted by atomic mass is 9.85. The van der Waals surface area contributed by atoms with Crippen LogP contribution in [-0.2, 0) is 14.3 Å². The fraction of sp³-hybridized carbons (Fsp3) is 0.467. The van der Waals surface area contributed by atoms with Crippen molar-refractivity contribution < 1.29 is 23.8 Å². The van der Waals surface area contributed by atoms with Gasteiger partial charge in [-0.3, -0.25) is 9.59 Å². The van der Waals surface area contributed by atoms with Gasteiger partial charge in [-0.25, -0.2) is 0 Å². The fourth-order valence-corrected chi connectivity index (χ4v) is 2.18. The van der Waals surface area contributed by atoms with Gasteiger partial charge >= 0.3 is 5.97 Å². The van der Waals surface area contributed by atoms with E-state index in [0.29, 0.717) is 11.5 Å². The number of ether oxygens (including phenoxy) is 3. The highest BCUT2D eigenvalue weighted by molar-refractivity contribution is 5.98. The summed E-state index contributed by atoms with van der Waals surface area (Å²) in [7, 11) is 4.36. The van der Waals surface area contributed by atoms with Crippen molar-refractivity contribution in [3.05, 3.63) is 23.8 Å². The minimum absolute atomic E-state index is 0.223. The van der Waals surface area contributed by atoms with Crippen molar-refractivity contribution in [2.24, 2.45) is 5.92 Å². The van der Waals surface area contributed by atoms with Gasteiger partial charge in [0.25, 0.3) is 0 Å². The maximum Gasteiger partial charge on any atom is 0.316 e. The number of ketones is 1. The summed E-state index contributed by atoms with van der Waals surface area (Å²) in [6.45, 7) is 3.20. The first-order valence-corrected chi connectivity index (χ1v) is 6.26. The Morgan fingerprint density at radius 1 is 1.05 bits per heavy atom. The third-order valence-corrected chi connectivity index (χ3v) is 3.33. The average Bonchev–Trinajstić information content (AvgIpc) is 2.45. The summed E-state index contributed by atoms with van der Waals surface area (Å²) < 4.78 is 15.1. The van der Waals surface area contributed by atoms with Crippen LogP contribution in [0.4, 0.5) is 0 Å². The number of benzene rings is 1. The number of esters is 1. The normalized spacial score (nSPS) is 13.2. The van der Waals surface area contributed by atoms with Crippen LogP contribution in [0.5, 0.6) is 11.5 Å². The van der Waals surface area contributed by atoms with Crippen LogP contribution in [0.1, 0.15) is 25.3 Å². The molecule has 2 atom stereocenters. The topological polar surface area (TPSA) is 61.8 Å². The van der Waals surface area contributed by atoms with Gasteiger partial charge in [-0.2, -0.15) is 0 Å². The molecule has 0 aliphatic heterocycles. The number of hydrogen-bond donors (Lipinski definition) is 0. The molecule has 110 valence electrons. The molecular formula is C15H20O5. The van der Waals surface area contributed by atoms with Crippen molar-refractivity contribution in [1.82, 2.24) is 0 Å². The second kappa shape index (κ2) is 6.93. The summed E-state index contributed by atoms with van der Waals surface area (Å²) in [6.07, 6.45) is 0. The highest BCUT2D eigenvalue weighted by Gasteiger charge is 2.31. The second-order valence-electron chi connectivity index (χ2n) is 4.51. The van der Waals surface area contributed by atoms with Crippen molar-refractivity contribution in [3.8, 4) is 11.5 Å². The Balaban J connectivity index is 3.15. The molecule has 0 bridgehead atoms. The third-order valence-electron chi connectivity index (χ3n) is 3.33.